The van der Waals surface area contributed by atoms with Crippen molar-refractivity contribution in [2.45, 2.75) is 38.8 Å². The number of carbonyl (C=O) groups is 2. The van der Waals surface area contributed by atoms with Crippen molar-refractivity contribution in [3.8, 4) is 23.0 Å². The van der Waals surface area contributed by atoms with Crippen molar-refractivity contribution < 1.29 is 37.0 Å². The molecule has 12 heteroatoms. The second kappa shape index (κ2) is 11.6. The van der Waals surface area contributed by atoms with Crippen LogP contribution in [-0.2, 0) is 4.74 Å². The summed E-state index contributed by atoms with van der Waals surface area (Å²) in [5.74, 6) is 0.261. The second-order valence-corrected chi connectivity index (χ2v) is 9.03. The summed E-state index contributed by atoms with van der Waals surface area (Å²) < 4.78 is 46.6. The Kier molecular flexibility index (Phi) is 8.27. The second-order valence-electron chi connectivity index (χ2n) is 9.03. The number of aromatic nitrogens is 1. The van der Waals surface area contributed by atoms with Crippen molar-refractivity contribution >= 4 is 12.0 Å². The van der Waals surface area contributed by atoms with Crippen molar-refractivity contribution in [3.63, 3.8) is 0 Å². The van der Waals surface area contributed by atoms with Gasteiger partial charge in [-0.05, 0) is 50.3 Å². The van der Waals surface area contributed by atoms with E-state index in [0.717, 1.165) is 18.4 Å². The monoisotopic (exact) mass is 520 g/mol. The summed E-state index contributed by atoms with van der Waals surface area (Å²) in [5.41, 5.74) is 7.45. The van der Waals surface area contributed by atoms with Crippen LogP contribution < -0.4 is 20.5 Å². The van der Waals surface area contributed by atoms with E-state index in [4.69, 9.17) is 19.6 Å². The number of halogens is 2. The zero-order valence-electron chi connectivity index (χ0n) is 20.7. The molecule has 1 atom stereocenters. The van der Waals surface area contributed by atoms with E-state index >= 15 is 0 Å². The summed E-state index contributed by atoms with van der Waals surface area (Å²) in [6.07, 6.45) is 4.12. The number of nitrogens with zero attached hydrogens (tertiary/aromatic N) is 2. The predicted octanol–water partition coefficient (Wildman–Crippen LogP) is 3.88. The summed E-state index contributed by atoms with van der Waals surface area (Å²) in [6.45, 7) is 0.208. The van der Waals surface area contributed by atoms with Gasteiger partial charge in [0.25, 0.3) is 5.91 Å². The van der Waals surface area contributed by atoms with Gasteiger partial charge in [-0.1, -0.05) is 11.6 Å². The molecule has 0 spiro atoms. The average Bonchev–Trinajstić information content (AvgIpc) is 3.61. The SMILES string of the molecule is COC(=O)N1CC=C(CNC(=O)c2nc(-c3ccc(OC(F)F)c(OCC4CC4)c3)oc2[C@H](C)N)CC1. The van der Waals surface area contributed by atoms with Crippen LogP contribution in [0.5, 0.6) is 11.5 Å². The van der Waals surface area contributed by atoms with Gasteiger partial charge in [-0.25, -0.2) is 9.78 Å². The third-order valence-electron chi connectivity index (χ3n) is 6.07. The van der Waals surface area contributed by atoms with E-state index in [1.54, 1.807) is 11.8 Å². The first-order chi connectivity index (χ1) is 17.7. The Labute approximate surface area is 212 Å². The maximum absolute atomic E-state index is 13.0. The van der Waals surface area contributed by atoms with Crippen LogP contribution in [0.4, 0.5) is 13.6 Å². The maximum atomic E-state index is 13.0. The van der Waals surface area contributed by atoms with Crippen LogP contribution in [0.15, 0.2) is 34.3 Å². The van der Waals surface area contributed by atoms with Gasteiger partial charge in [0.05, 0.1) is 19.8 Å². The predicted molar refractivity (Wildman–Crippen MR) is 128 cm³/mol. The molecule has 10 nitrogen and oxygen atoms in total. The number of nitrogens with two attached hydrogens (primary N) is 1. The summed E-state index contributed by atoms with van der Waals surface area (Å²) in [4.78, 5) is 30.5. The number of ether oxygens (including phenoxy) is 3. The molecular weight excluding hydrogens is 490 g/mol. The number of carbonyl (C=O) groups excluding carboxylic acids is 2. The Balaban J connectivity index is 1.49. The summed E-state index contributed by atoms with van der Waals surface area (Å²) >= 11 is 0. The largest absolute Gasteiger partial charge is 0.489 e. The van der Waals surface area contributed by atoms with Gasteiger partial charge in [0.2, 0.25) is 5.89 Å². The van der Waals surface area contributed by atoms with E-state index in [1.807, 2.05) is 6.08 Å². The minimum absolute atomic E-state index is 0.0333. The fourth-order valence-corrected chi connectivity index (χ4v) is 3.81. The molecule has 3 N–H and O–H groups in total. The number of amides is 2. The first-order valence-electron chi connectivity index (χ1n) is 12.0. The molecule has 200 valence electrons. The zero-order valence-corrected chi connectivity index (χ0v) is 20.7. The molecule has 2 aliphatic rings. The third-order valence-corrected chi connectivity index (χ3v) is 6.07. The molecule has 4 rings (SSSR count). The minimum Gasteiger partial charge on any atom is -0.489 e. The van der Waals surface area contributed by atoms with E-state index in [2.05, 4.69) is 15.0 Å². The number of alkyl halides is 2. The molecule has 1 fully saturated rings. The lowest BCUT2D eigenvalue weighted by molar-refractivity contribution is -0.0515. The lowest BCUT2D eigenvalue weighted by Crippen LogP contribution is -2.36. The lowest BCUT2D eigenvalue weighted by atomic mass is 10.1. The Morgan fingerprint density at radius 2 is 2.08 bits per heavy atom. The Bertz CT molecular complexity index is 1160. The number of rotatable bonds is 10. The first kappa shape index (κ1) is 26.4. The quantitative estimate of drug-likeness (QED) is 0.452. The normalized spacial score (nSPS) is 16.3. The molecule has 1 aliphatic carbocycles. The number of methoxy groups -OCH3 is 1. The van der Waals surface area contributed by atoms with Crippen molar-refractivity contribution in [1.29, 1.82) is 0 Å². The van der Waals surface area contributed by atoms with Crippen LogP contribution in [0.25, 0.3) is 11.5 Å². The average molecular weight is 521 g/mol. The Hall–Kier alpha value is -3.67. The van der Waals surface area contributed by atoms with Gasteiger partial charge in [0.15, 0.2) is 23.0 Å². The highest BCUT2D eigenvalue weighted by Crippen LogP contribution is 2.37. The van der Waals surface area contributed by atoms with Gasteiger partial charge < -0.3 is 34.6 Å². The molecule has 0 bridgehead atoms. The van der Waals surface area contributed by atoms with Crippen LogP contribution in [0, 0.1) is 5.92 Å². The topological polar surface area (TPSA) is 129 Å². The molecule has 37 heavy (non-hydrogen) atoms. The van der Waals surface area contributed by atoms with Gasteiger partial charge in [-0.3, -0.25) is 4.79 Å². The number of benzene rings is 1. The number of nitrogens with one attached hydrogen (secondary N) is 1. The molecule has 1 saturated carbocycles. The Morgan fingerprint density at radius 1 is 1.30 bits per heavy atom. The highest BCUT2D eigenvalue weighted by Gasteiger charge is 2.26. The van der Waals surface area contributed by atoms with Crippen LogP contribution in [0.2, 0.25) is 0 Å². The summed E-state index contributed by atoms with van der Waals surface area (Å²) in [7, 11) is 1.33. The maximum Gasteiger partial charge on any atom is 0.409 e. The van der Waals surface area contributed by atoms with Gasteiger partial charge in [0, 0.05) is 25.2 Å². The van der Waals surface area contributed by atoms with Crippen LogP contribution >= 0.6 is 0 Å². The molecule has 0 radical (unpaired) electrons. The van der Waals surface area contributed by atoms with Crippen LogP contribution in [0.3, 0.4) is 0 Å². The zero-order chi connectivity index (χ0) is 26.5. The van der Waals surface area contributed by atoms with E-state index < -0.39 is 24.7 Å². The summed E-state index contributed by atoms with van der Waals surface area (Å²) in [6, 6.07) is 3.72. The summed E-state index contributed by atoms with van der Waals surface area (Å²) in [5, 5.41) is 2.82. The molecule has 2 aromatic rings. The van der Waals surface area contributed by atoms with Gasteiger partial charge in [0.1, 0.15) is 0 Å². The molecular formula is C25H30F2N4O6. The fourth-order valence-electron chi connectivity index (χ4n) is 3.81. The molecule has 2 heterocycles. The van der Waals surface area contributed by atoms with Crippen molar-refractivity contribution in [2.24, 2.45) is 11.7 Å². The lowest BCUT2D eigenvalue weighted by Gasteiger charge is -2.25. The molecule has 0 unspecified atom stereocenters. The van der Waals surface area contributed by atoms with E-state index in [-0.39, 0.29) is 35.4 Å². The van der Waals surface area contributed by atoms with Gasteiger partial charge in [-0.15, -0.1) is 0 Å². The number of hydrogen-bond acceptors (Lipinski definition) is 8. The third kappa shape index (κ3) is 6.76. The molecule has 2 amide bonds. The van der Waals surface area contributed by atoms with Crippen LogP contribution in [0.1, 0.15) is 48.5 Å². The van der Waals surface area contributed by atoms with Crippen molar-refractivity contribution in [3.05, 3.63) is 41.3 Å². The Morgan fingerprint density at radius 3 is 2.70 bits per heavy atom. The highest BCUT2D eigenvalue weighted by molar-refractivity contribution is 5.94. The molecule has 1 aromatic carbocycles. The molecule has 0 saturated heterocycles. The molecule has 1 aromatic heterocycles. The smallest absolute Gasteiger partial charge is 0.409 e. The number of oxazole rings is 1. The fraction of sp³-hybridized carbons (Fsp3) is 0.480. The molecule has 1 aliphatic heterocycles. The van der Waals surface area contributed by atoms with Crippen molar-refractivity contribution in [2.75, 3.05) is 33.4 Å². The first-order valence-corrected chi connectivity index (χ1v) is 12.0. The highest BCUT2D eigenvalue weighted by atomic mass is 19.3. The van der Waals surface area contributed by atoms with Crippen molar-refractivity contribution in [1.82, 2.24) is 15.2 Å². The number of hydrogen-bond donors (Lipinski definition) is 2. The van der Waals surface area contributed by atoms with Crippen LogP contribution in [-0.4, -0.2) is 61.8 Å². The van der Waals surface area contributed by atoms with Gasteiger partial charge in [-0.2, -0.15) is 8.78 Å². The minimum atomic E-state index is -3.00. The standard InChI is InChI=1S/C25H30F2N4O6/c1-14(28)21-20(22(32)29-12-15-7-9-31(10-8-15)25(33)34-2)30-23(37-21)17-5-6-18(36-24(26)27)19(11-17)35-13-16-3-4-16/h5-7,11,14,16,24H,3-4,8-10,12-13,28H2,1-2H3,(H,29,32)/t14-/m0/s1. The van der Waals surface area contributed by atoms with E-state index in [9.17, 15) is 18.4 Å². The van der Waals surface area contributed by atoms with E-state index in [0.29, 0.717) is 37.6 Å². The van der Waals surface area contributed by atoms with E-state index in [1.165, 1.54) is 25.3 Å². The van der Waals surface area contributed by atoms with Gasteiger partial charge >= 0.3 is 12.7 Å².